The minimum Gasteiger partial charge on any atom is -0.328 e. The fourth-order valence-electron chi connectivity index (χ4n) is 2.04. The first kappa shape index (κ1) is 9.01. The quantitative estimate of drug-likeness (QED) is 0.668. The third-order valence-electron chi connectivity index (χ3n) is 2.86. The Bertz CT molecular complexity index is 453. The van der Waals surface area contributed by atoms with Gasteiger partial charge in [-0.1, -0.05) is 6.92 Å². The average Bonchev–Trinajstić information content (AvgIpc) is 2.17. The van der Waals surface area contributed by atoms with Gasteiger partial charge in [-0.15, -0.1) is 0 Å². The molecule has 0 saturated heterocycles. The van der Waals surface area contributed by atoms with Crippen molar-refractivity contribution >= 4 is 0 Å². The van der Waals surface area contributed by atoms with Gasteiger partial charge in [0.2, 0.25) is 0 Å². The third kappa shape index (κ3) is 1.33. The molecule has 0 aliphatic heterocycles. The predicted octanol–water partition coefficient (Wildman–Crippen LogP) is 1.37. The van der Waals surface area contributed by atoms with E-state index in [1.807, 2.05) is 6.07 Å². The Balaban J connectivity index is 2.62. The van der Waals surface area contributed by atoms with Gasteiger partial charge in [-0.05, 0) is 36.3 Å². The van der Waals surface area contributed by atoms with Gasteiger partial charge in [-0.3, -0.25) is 4.79 Å². The van der Waals surface area contributed by atoms with Gasteiger partial charge >= 0.3 is 0 Å². The minimum absolute atomic E-state index is 0.250. The van der Waals surface area contributed by atoms with Gasteiger partial charge in [-0.25, -0.2) is 0 Å². The normalized spacial score (nSPS) is 19.9. The lowest BCUT2D eigenvalue weighted by molar-refractivity contribution is 0.498. The first-order valence-electron chi connectivity index (χ1n) is 4.86. The number of aryl methyl sites for hydroxylation is 1. The molecule has 0 saturated carbocycles. The molecule has 14 heavy (non-hydrogen) atoms. The number of H-pyrrole nitrogens is 1. The van der Waals surface area contributed by atoms with Crippen LogP contribution in [0.15, 0.2) is 11.0 Å². The molecule has 72 valence electrons. The highest BCUT2D eigenvalue weighted by atomic mass is 16.1. The van der Waals surface area contributed by atoms with E-state index in [2.05, 4.69) is 11.9 Å². The second-order valence-corrected chi connectivity index (χ2v) is 3.96. The van der Waals surface area contributed by atoms with E-state index < -0.39 is 0 Å². The molecule has 1 aromatic rings. The van der Waals surface area contributed by atoms with E-state index in [1.54, 1.807) is 6.20 Å². The second-order valence-electron chi connectivity index (χ2n) is 3.96. The molecule has 0 bridgehead atoms. The summed E-state index contributed by atoms with van der Waals surface area (Å²) in [5.74, 6) is 0.580. The molecule has 1 heterocycles. The zero-order valence-electron chi connectivity index (χ0n) is 8.13. The maximum Gasteiger partial charge on any atom is 0.266 e. The van der Waals surface area contributed by atoms with Crippen molar-refractivity contribution in [2.45, 2.75) is 26.2 Å². The first-order valence-corrected chi connectivity index (χ1v) is 4.86. The van der Waals surface area contributed by atoms with Crippen LogP contribution in [0.1, 0.15) is 30.0 Å². The summed E-state index contributed by atoms with van der Waals surface area (Å²) in [5.41, 5.74) is 2.17. The van der Waals surface area contributed by atoms with Crippen LogP contribution in [0, 0.1) is 17.2 Å². The fourth-order valence-corrected chi connectivity index (χ4v) is 2.04. The standard InChI is InChI=1S/C11H12N2O/c1-7-2-3-8-6-13-11(14)10(5-12)9(8)4-7/h6-7H,2-4H2,1H3,(H,13,14). The maximum atomic E-state index is 11.4. The summed E-state index contributed by atoms with van der Waals surface area (Å²) in [4.78, 5) is 14.0. The Morgan fingerprint density at radius 3 is 3.14 bits per heavy atom. The van der Waals surface area contributed by atoms with Gasteiger partial charge in [0.05, 0.1) is 0 Å². The van der Waals surface area contributed by atoms with Crippen LogP contribution < -0.4 is 5.56 Å². The first-order chi connectivity index (χ1) is 6.72. The average molecular weight is 188 g/mol. The number of fused-ring (bicyclic) bond motifs is 1. The molecule has 1 unspecified atom stereocenters. The molecule has 0 amide bonds. The summed E-state index contributed by atoms with van der Waals surface area (Å²) in [6, 6.07) is 2.00. The van der Waals surface area contributed by atoms with Crippen LogP contribution in [0.4, 0.5) is 0 Å². The van der Waals surface area contributed by atoms with Crippen molar-refractivity contribution < 1.29 is 0 Å². The molecule has 2 rings (SSSR count). The zero-order valence-corrected chi connectivity index (χ0v) is 8.13. The highest BCUT2D eigenvalue weighted by Gasteiger charge is 2.19. The number of rotatable bonds is 0. The topological polar surface area (TPSA) is 56.6 Å². The SMILES string of the molecule is CC1CCc2c[nH]c(=O)c(C#N)c2C1. The van der Waals surface area contributed by atoms with Gasteiger partial charge < -0.3 is 4.98 Å². The summed E-state index contributed by atoms with van der Waals surface area (Å²) in [6.45, 7) is 2.16. The number of hydrogen-bond donors (Lipinski definition) is 1. The van der Waals surface area contributed by atoms with E-state index in [4.69, 9.17) is 5.26 Å². The number of pyridine rings is 1. The van der Waals surface area contributed by atoms with Crippen molar-refractivity contribution in [3.05, 3.63) is 33.2 Å². The van der Waals surface area contributed by atoms with Crippen LogP contribution in [0.2, 0.25) is 0 Å². The Morgan fingerprint density at radius 2 is 2.43 bits per heavy atom. The van der Waals surface area contributed by atoms with Gasteiger partial charge in [0.15, 0.2) is 0 Å². The molecule has 0 spiro atoms. The lowest BCUT2D eigenvalue weighted by Crippen LogP contribution is -2.20. The van der Waals surface area contributed by atoms with Gasteiger partial charge in [0.1, 0.15) is 11.6 Å². The molecule has 1 N–H and O–H groups in total. The minimum atomic E-state index is -0.250. The predicted molar refractivity (Wildman–Crippen MR) is 53.0 cm³/mol. The Morgan fingerprint density at radius 1 is 1.64 bits per heavy atom. The van der Waals surface area contributed by atoms with Crippen molar-refractivity contribution in [2.24, 2.45) is 5.92 Å². The van der Waals surface area contributed by atoms with Crippen LogP contribution in [0.3, 0.4) is 0 Å². The number of nitriles is 1. The van der Waals surface area contributed by atoms with E-state index in [1.165, 1.54) is 0 Å². The van der Waals surface area contributed by atoms with Crippen molar-refractivity contribution in [3.63, 3.8) is 0 Å². The van der Waals surface area contributed by atoms with Gasteiger partial charge in [0.25, 0.3) is 5.56 Å². The molecule has 0 fully saturated rings. The van der Waals surface area contributed by atoms with Crippen LogP contribution in [-0.2, 0) is 12.8 Å². The molecule has 1 aliphatic rings. The van der Waals surface area contributed by atoms with E-state index in [0.29, 0.717) is 11.5 Å². The summed E-state index contributed by atoms with van der Waals surface area (Å²) in [7, 11) is 0. The van der Waals surface area contributed by atoms with Crippen molar-refractivity contribution in [3.8, 4) is 6.07 Å². The molecule has 1 atom stereocenters. The van der Waals surface area contributed by atoms with Crippen LogP contribution in [0.25, 0.3) is 0 Å². The maximum absolute atomic E-state index is 11.4. The number of nitrogens with zero attached hydrogens (tertiary/aromatic N) is 1. The van der Waals surface area contributed by atoms with Crippen molar-refractivity contribution in [1.29, 1.82) is 5.26 Å². The van der Waals surface area contributed by atoms with E-state index in [-0.39, 0.29) is 5.56 Å². The third-order valence-corrected chi connectivity index (χ3v) is 2.86. The fraction of sp³-hybridized carbons (Fsp3) is 0.455. The second kappa shape index (κ2) is 3.30. The van der Waals surface area contributed by atoms with E-state index >= 15 is 0 Å². The molecule has 3 nitrogen and oxygen atoms in total. The number of aromatic nitrogens is 1. The molecular formula is C11H12N2O. The van der Waals surface area contributed by atoms with Crippen molar-refractivity contribution in [1.82, 2.24) is 4.98 Å². The summed E-state index contributed by atoms with van der Waals surface area (Å²) in [6.07, 6.45) is 4.73. The molecule has 0 aromatic carbocycles. The Kier molecular flexibility index (Phi) is 2.12. The van der Waals surface area contributed by atoms with E-state index in [9.17, 15) is 4.79 Å². The lowest BCUT2D eigenvalue weighted by atomic mass is 9.84. The summed E-state index contributed by atoms with van der Waals surface area (Å²) < 4.78 is 0. The summed E-state index contributed by atoms with van der Waals surface area (Å²) >= 11 is 0. The number of hydrogen-bond acceptors (Lipinski definition) is 2. The highest BCUT2D eigenvalue weighted by molar-refractivity contribution is 5.41. The molecule has 3 heteroatoms. The Labute approximate surface area is 82.4 Å². The largest absolute Gasteiger partial charge is 0.328 e. The lowest BCUT2D eigenvalue weighted by Gasteiger charge is -2.21. The van der Waals surface area contributed by atoms with Gasteiger partial charge in [0, 0.05) is 6.20 Å². The monoisotopic (exact) mass is 188 g/mol. The molecular weight excluding hydrogens is 176 g/mol. The smallest absolute Gasteiger partial charge is 0.266 e. The summed E-state index contributed by atoms with van der Waals surface area (Å²) in [5, 5.41) is 8.89. The van der Waals surface area contributed by atoms with Gasteiger partial charge in [-0.2, -0.15) is 5.26 Å². The highest BCUT2D eigenvalue weighted by Crippen LogP contribution is 2.25. The molecule has 1 aliphatic carbocycles. The van der Waals surface area contributed by atoms with Crippen LogP contribution in [-0.4, -0.2) is 4.98 Å². The number of nitrogens with one attached hydrogen (secondary N) is 1. The van der Waals surface area contributed by atoms with Crippen molar-refractivity contribution in [2.75, 3.05) is 0 Å². The van der Waals surface area contributed by atoms with E-state index in [0.717, 1.165) is 30.4 Å². The molecule has 0 radical (unpaired) electrons. The zero-order chi connectivity index (χ0) is 10.1. The molecule has 1 aromatic heterocycles. The van der Waals surface area contributed by atoms with Crippen LogP contribution >= 0.6 is 0 Å². The number of aromatic amines is 1. The Hall–Kier alpha value is -1.56. The van der Waals surface area contributed by atoms with Crippen LogP contribution in [0.5, 0.6) is 0 Å².